The van der Waals surface area contributed by atoms with Gasteiger partial charge in [0.1, 0.15) is 0 Å². The summed E-state index contributed by atoms with van der Waals surface area (Å²) < 4.78 is 0. The molecule has 1 saturated carbocycles. The summed E-state index contributed by atoms with van der Waals surface area (Å²) in [6.07, 6.45) is 7.65. The quantitative estimate of drug-likeness (QED) is 0.757. The Hall–Kier alpha value is -2.04. The fourth-order valence-corrected chi connectivity index (χ4v) is 3.34. The minimum Gasteiger partial charge on any atom is -0.397 e. The van der Waals surface area contributed by atoms with Crippen LogP contribution in [0.5, 0.6) is 0 Å². The molecule has 1 aliphatic rings. The summed E-state index contributed by atoms with van der Waals surface area (Å²) in [7, 11) is 0. The van der Waals surface area contributed by atoms with Crippen LogP contribution in [-0.4, -0.2) is 16.0 Å². The van der Waals surface area contributed by atoms with E-state index in [9.17, 15) is 4.79 Å². The Labute approximate surface area is 124 Å². The highest BCUT2D eigenvalue weighted by Gasteiger charge is 2.24. The van der Waals surface area contributed by atoms with Gasteiger partial charge in [0.2, 0.25) is 0 Å². The van der Waals surface area contributed by atoms with Crippen LogP contribution in [-0.2, 0) is 0 Å². The standard InChI is InChI=1S/C16H22N4O/c1-2-10-5-3-4-6-13(10)20-15-8-14-11(7-12(15)17)16(21)19-9-18-14/h7-10,13,20H,2-6,17H2,1H3,(H,18,19,21). The SMILES string of the molecule is CCC1CCCCC1Nc1cc2nc[nH]c(=O)c2cc1N. The molecule has 2 aromatic rings. The number of aromatic nitrogens is 2. The van der Waals surface area contributed by atoms with Gasteiger partial charge in [-0.05, 0) is 30.9 Å². The summed E-state index contributed by atoms with van der Waals surface area (Å²) in [5, 5.41) is 4.12. The summed E-state index contributed by atoms with van der Waals surface area (Å²) in [5.74, 6) is 0.695. The van der Waals surface area contributed by atoms with E-state index in [0.29, 0.717) is 28.6 Å². The van der Waals surface area contributed by atoms with E-state index in [4.69, 9.17) is 5.73 Å². The number of H-pyrrole nitrogens is 1. The number of benzene rings is 1. The zero-order chi connectivity index (χ0) is 14.8. The first-order valence-corrected chi connectivity index (χ1v) is 7.72. The maximum absolute atomic E-state index is 11.8. The topological polar surface area (TPSA) is 83.8 Å². The first-order valence-electron chi connectivity index (χ1n) is 7.72. The van der Waals surface area contributed by atoms with Crippen LogP contribution in [0.3, 0.4) is 0 Å². The van der Waals surface area contributed by atoms with Gasteiger partial charge in [-0.1, -0.05) is 26.2 Å². The molecule has 1 fully saturated rings. The van der Waals surface area contributed by atoms with Crippen LogP contribution in [0.2, 0.25) is 0 Å². The zero-order valence-electron chi connectivity index (χ0n) is 12.4. The average Bonchev–Trinajstić information content (AvgIpc) is 2.50. The van der Waals surface area contributed by atoms with E-state index >= 15 is 0 Å². The van der Waals surface area contributed by atoms with Crippen LogP contribution in [0.15, 0.2) is 23.3 Å². The van der Waals surface area contributed by atoms with Crippen LogP contribution in [0.25, 0.3) is 10.9 Å². The van der Waals surface area contributed by atoms with Crippen molar-refractivity contribution in [1.29, 1.82) is 0 Å². The van der Waals surface area contributed by atoms with Crippen molar-refractivity contribution in [2.24, 2.45) is 5.92 Å². The number of anilines is 2. The van der Waals surface area contributed by atoms with Crippen molar-refractivity contribution in [2.75, 3.05) is 11.1 Å². The molecule has 1 heterocycles. The Balaban J connectivity index is 1.93. The Morgan fingerprint density at radius 1 is 1.38 bits per heavy atom. The van der Waals surface area contributed by atoms with E-state index in [-0.39, 0.29) is 5.56 Å². The molecule has 0 bridgehead atoms. The minimum absolute atomic E-state index is 0.151. The third-order valence-electron chi connectivity index (χ3n) is 4.59. The van der Waals surface area contributed by atoms with E-state index in [1.165, 1.54) is 38.4 Å². The molecule has 4 N–H and O–H groups in total. The summed E-state index contributed by atoms with van der Waals surface area (Å²) >= 11 is 0. The van der Waals surface area contributed by atoms with E-state index in [2.05, 4.69) is 22.2 Å². The second kappa shape index (κ2) is 5.76. The molecule has 1 aromatic heterocycles. The lowest BCUT2D eigenvalue weighted by Gasteiger charge is -2.32. The normalized spacial score (nSPS) is 22.3. The van der Waals surface area contributed by atoms with Gasteiger partial charge < -0.3 is 16.0 Å². The van der Waals surface area contributed by atoms with E-state index in [0.717, 1.165) is 5.69 Å². The molecule has 5 heteroatoms. The van der Waals surface area contributed by atoms with Crippen molar-refractivity contribution in [2.45, 2.75) is 45.1 Å². The summed E-state index contributed by atoms with van der Waals surface area (Å²) in [4.78, 5) is 18.6. The third-order valence-corrected chi connectivity index (χ3v) is 4.59. The predicted octanol–water partition coefficient (Wildman–Crippen LogP) is 2.89. The Morgan fingerprint density at radius 3 is 3.00 bits per heavy atom. The summed E-state index contributed by atoms with van der Waals surface area (Å²) in [6, 6.07) is 4.07. The van der Waals surface area contributed by atoms with Crippen molar-refractivity contribution in [3.8, 4) is 0 Å². The van der Waals surface area contributed by atoms with Crippen LogP contribution >= 0.6 is 0 Å². The molecule has 112 valence electrons. The Kier molecular flexibility index (Phi) is 3.82. The lowest BCUT2D eigenvalue weighted by molar-refractivity contribution is 0.317. The average molecular weight is 286 g/mol. The van der Waals surface area contributed by atoms with Crippen LogP contribution < -0.4 is 16.6 Å². The molecule has 0 saturated heterocycles. The number of hydrogen-bond donors (Lipinski definition) is 3. The maximum atomic E-state index is 11.8. The molecule has 1 aliphatic carbocycles. The summed E-state index contributed by atoms with van der Waals surface area (Å²) in [6.45, 7) is 2.25. The molecule has 3 rings (SSSR count). The van der Waals surface area contributed by atoms with Gasteiger partial charge in [-0.15, -0.1) is 0 Å². The highest BCUT2D eigenvalue weighted by molar-refractivity contribution is 5.88. The molecule has 2 unspecified atom stereocenters. The number of fused-ring (bicyclic) bond motifs is 1. The number of nitrogens with zero attached hydrogens (tertiary/aromatic N) is 1. The number of hydrogen-bond acceptors (Lipinski definition) is 4. The van der Waals surface area contributed by atoms with Crippen molar-refractivity contribution >= 4 is 22.3 Å². The Morgan fingerprint density at radius 2 is 2.19 bits per heavy atom. The van der Waals surface area contributed by atoms with Crippen LogP contribution in [0, 0.1) is 5.92 Å². The van der Waals surface area contributed by atoms with Gasteiger partial charge >= 0.3 is 0 Å². The number of aromatic amines is 1. The van der Waals surface area contributed by atoms with E-state index < -0.39 is 0 Å². The first kappa shape index (κ1) is 13.9. The van der Waals surface area contributed by atoms with E-state index in [1.807, 2.05) is 6.07 Å². The van der Waals surface area contributed by atoms with Crippen LogP contribution in [0.1, 0.15) is 39.0 Å². The molecule has 0 amide bonds. The van der Waals surface area contributed by atoms with Crippen molar-refractivity contribution in [3.05, 3.63) is 28.8 Å². The molecule has 0 radical (unpaired) electrons. The summed E-state index contributed by atoms with van der Waals surface area (Å²) in [5.41, 5.74) is 8.15. The van der Waals surface area contributed by atoms with E-state index in [1.54, 1.807) is 6.07 Å². The van der Waals surface area contributed by atoms with Crippen LogP contribution in [0.4, 0.5) is 11.4 Å². The largest absolute Gasteiger partial charge is 0.397 e. The molecule has 0 aliphatic heterocycles. The van der Waals surface area contributed by atoms with Gasteiger partial charge in [-0.25, -0.2) is 4.98 Å². The third kappa shape index (κ3) is 2.73. The van der Waals surface area contributed by atoms with Gasteiger partial charge in [0.15, 0.2) is 0 Å². The van der Waals surface area contributed by atoms with Gasteiger partial charge in [0.25, 0.3) is 5.56 Å². The minimum atomic E-state index is -0.151. The van der Waals surface area contributed by atoms with Crippen molar-refractivity contribution < 1.29 is 0 Å². The molecule has 0 spiro atoms. The molecule has 21 heavy (non-hydrogen) atoms. The highest BCUT2D eigenvalue weighted by atomic mass is 16.1. The maximum Gasteiger partial charge on any atom is 0.258 e. The van der Waals surface area contributed by atoms with Gasteiger partial charge in [-0.3, -0.25) is 4.79 Å². The van der Waals surface area contributed by atoms with Gasteiger partial charge in [0.05, 0.1) is 28.6 Å². The number of nitrogen functional groups attached to an aromatic ring is 1. The molecular formula is C16H22N4O. The first-order chi connectivity index (χ1) is 10.2. The molecule has 5 nitrogen and oxygen atoms in total. The number of nitrogens with two attached hydrogens (primary N) is 1. The zero-order valence-corrected chi connectivity index (χ0v) is 12.4. The van der Waals surface area contributed by atoms with Crippen molar-refractivity contribution in [3.63, 3.8) is 0 Å². The second-order valence-electron chi connectivity index (χ2n) is 5.89. The highest BCUT2D eigenvalue weighted by Crippen LogP contribution is 2.32. The number of nitrogens with one attached hydrogen (secondary N) is 2. The monoisotopic (exact) mass is 286 g/mol. The lowest BCUT2D eigenvalue weighted by Crippen LogP contribution is -2.32. The lowest BCUT2D eigenvalue weighted by atomic mass is 9.82. The molecule has 1 aromatic carbocycles. The smallest absolute Gasteiger partial charge is 0.258 e. The molecule has 2 atom stereocenters. The van der Waals surface area contributed by atoms with Gasteiger partial charge in [0, 0.05) is 6.04 Å². The fourth-order valence-electron chi connectivity index (χ4n) is 3.34. The number of rotatable bonds is 3. The fraction of sp³-hybridized carbons (Fsp3) is 0.500. The Bertz CT molecular complexity index is 694. The second-order valence-corrected chi connectivity index (χ2v) is 5.89. The van der Waals surface area contributed by atoms with Gasteiger partial charge in [-0.2, -0.15) is 0 Å². The van der Waals surface area contributed by atoms with Crippen molar-refractivity contribution in [1.82, 2.24) is 9.97 Å². The predicted molar refractivity (Wildman–Crippen MR) is 86.4 cm³/mol. The molecular weight excluding hydrogens is 264 g/mol.